The minimum atomic E-state index is -0.0540. The summed E-state index contributed by atoms with van der Waals surface area (Å²) >= 11 is 11.4. The number of carbonyl (C=O) groups excluding carboxylic acids is 1. The quantitative estimate of drug-likeness (QED) is 0.794. The second-order valence-electron chi connectivity index (χ2n) is 3.09. The van der Waals surface area contributed by atoms with E-state index in [-0.39, 0.29) is 27.8 Å². The molecule has 0 atom stereocenters. The molecule has 0 spiro atoms. The average Bonchev–Trinajstić information content (AvgIpc) is 2.95. The fourth-order valence-electron chi connectivity index (χ4n) is 1.000. The lowest BCUT2D eigenvalue weighted by Crippen LogP contribution is -2.14. The van der Waals surface area contributed by atoms with Gasteiger partial charge in [0.2, 0.25) is 5.91 Å². The lowest BCUT2D eigenvalue weighted by molar-refractivity contribution is -0.117. The summed E-state index contributed by atoms with van der Waals surface area (Å²) in [6.07, 6.45) is 3.13. The first-order valence-electron chi connectivity index (χ1n) is 4.15. The average molecular weight is 232 g/mol. The molecule has 0 aromatic carbocycles. The molecule has 4 nitrogen and oxygen atoms in total. The van der Waals surface area contributed by atoms with Gasteiger partial charge in [-0.1, -0.05) is 23.2 Å². The Morgan fingerprint density at radius 1 is 1.43 bits per heavy atom. The molecule has 1 heterocycles. The second-order valence-corrected chi connectivity index (χ2v) is 3.83. The van der Waals surface area contributed by atoms with Gasteiger partial charge in [0, 0.05) is 5.92 Å². The lowest BCUT2D eigenvalue weighted by atomic mass is 10.4. The molecule has 1 aromatic rings. The van der Waals surface area contributed by atoms with Gasteiger partial charge in [-0.2, -0.15) is 0 Å². The number of rotatable bonds is 2. The summed E-state index contributed by atoms with van der Waals surface area (Å²) in [5.74, 6) is 0.338. The van der Waals surface area contributed by atoms with Crippen LogP contribution < -0.4 is 5.32 Å². The van der Waals surface area contributed by atoms with Crippen molar-refractivity contribution in [1.29, 1.82) is 0 Å². The number of nitrogens with zero attached hydrogens (tertiary/aromatic N) is 2. The van der Waals surface area contributed by atoms with Crippen molar-refractivity contribution in [3.05, 3.63) is 16.5 Å². The van der Waals surface area contributed by atoms with Crippen LogP contribution in [0.15, 0.2) is 6.33 Å². The Labute approximate surface area is 90.6 Å². The molecule has 1 amide bonds. The van der Waals surface area contributed by atoms with Gasteiger partial charge in [0.1, 0.15) is 11.3 Å². The predicted molar refractivity (Wildman–Crippen MR) is 53.4 cm³/mol. The fourth-order valence-corrected chi connectivity index (χ4v) is 1.28. The van der Waals surface area contributed by atoms with Crippen LogP contribution in [0.25, 0.3) is 0 Å². The van der Waals surface area contributed by atoms with Crippen LogP contribution in [0.5, 0.6) is 0 Å². The van der Waals surface area contributed by atoms with Gasteiger partial charge in [-0.15, -0.1) is 0 Å². The number of carbonyl (C=O) groups is 1. The van der Waals surface area contributed by atoms with Gasteiger partial charge >= 0.3 is 0 Å². The predicted octanol–water partition coefficient (Wildman–Crippen LogP) is 2.13. The summed E-state index contributed by atoms with van der Waals surface area (Å²) in [5.41, 5.74) is 0. The van der Waals surface area contributed by atoms with Gasteiger partial charge < -0.3 is 5.32 Å². The van der Waals surface area contributed by atoms with E-state index in [0.717, 1.165) is 12.8 Å². The molecule has 1 aliphatic rings. The van der Waals surface area contributed by atoms with Crippen LogP contribution in [0.3, 0.4) is 0 Å². The minimum absolute atomic E-state index is 0.0540. The molecule has 0 saturated heterocycles. The summed E-state index contributed by atoms with van der Waals surface area (Å²) in [7, 11) is 0. The molecule has 14 heavy (non-hydrogen) atoms. The van der Waals surface area contributed by atoms with E-state index in [1.807, 2.05) is 0 Å². The molecular weight excluding hydrogens is 225 g/mol. The molecule has 1 saturated carbocycles. The van der Waals surface area contributed by atoms with Crippen LogP contribution in [-0.4, -0.2) is 15.9 Å². The fraction of sp³-hybridized carbons (Fsp3) is 0.375. The smallest absolute Gasteiger partial charge is 0.228 e. The van der Waals surface area contributed by atoms with Crippen LogP contribution in [0.1, 0.15) is 12.8 Å². The highest BCUT2D eigenvalue weighted by Crippen LogP contribution is 2.32. The van der Waals surface area contributed by atoms with E-state index in [1.54, 1.807) is 0 Å². The van der Waals surface area contributed by atoms with Crippen molar-refractivity contribution in [2.75, 3.05) is 5.32 Å². The Balaban J connectivity index is 2.15. The molecule has 1 aromatic heterocycles. The highest BCUT2D eigenvalue weighted by Gasteiger charge is 2.30. The summed E-state index contributed by atoms with van der Waals surface area (Å²) < 4.78 is 0. The summed E-state index contributed by atoms with van der Waals surface area (Å²) in [4.78, 5) is 18.9. The Hall–Kier alpha value is -0.870. The third kappa shape index (κ3) is 1.96. The van der Waals surface area contributed by atoms with Crippen LogP contribution in [0.4, 0.5) is 5.82 Å². The Morgan fingerprint density at radius 2 is 2.14 bits per heavy atom. The van der Waals surface area contributed by atoms with Crippen molar-refractivity contribution in [2.45, 2.75) is 12.8 Å². The lowest BCUT2D eigenvalue weighted by Gasteiger charge is -2.04. The number of nitrogens with one attached hydrogen (secondary N) is 1. The van der Waals surface area contributed by atoms with E-state index in [2.05, 4.69) is 15.3 Å². The van der Waals surface area contributed by atoms with Crippen LogP contribution >= 0.6 is 23.2 Å². The van der Waals surface area contributed by atoms with Gasteiger partial charge in [-0.25, -0.2) is 9.97 Å². The van der Waals surface area contributed by atoms with Crippen LogP contribution in [0.2, 0.25) is 10.2 Å². The molecule has 0 unspecified atom stereocenters. The molecule has 1 fully saturated rings. The van der Waals surface area contributed by atoms with Crippen molar-refractivity contribution < 1.29 is 4.79 Å². The summed E-state index contributed by atoms with van der Waals surface area (Å²) in [6, 6.07) is 0. The monoisotopic (exact) mass is 231 g/mol. The number of anilines is 1. The third-order valence-corrected chi connectivity index (χ3v) is 2.68. The van der Waals surface area contributed by atoms with E-state index in [4.69, 9.17) is 23.2 Å². The van der Waals surface area contributed by atoms with Gasteiger partial charge in [0.05, 0.1) is 0 Å². The maximum absolute atomic E-state index is 11.4. The SMILES string of the molecule is O=C(Nc1ncnc(Cl)c1Cl)C1CC1. The van der Waals surface area contributed by atoms with E-state index in [1.165, 1.54) is 6.33 Å². The first-order valence-corrected chi connectivity index (χ1v) is 4.91. The standard InChI is InChI=1S/C8H7Cl2N3O/c9-5-6(10)11-3-12-7(5)13-8(14)4-1-2-4/h3-4H,1-2H2,(H,11,12,13,14). The molecule has 2 rings (SSSR count). The summed E-state index contributed by atoms with van der Waals surface area (Å²) in [5, 5.41) is 2.94. The maximum atomic E-state index is 11.4. The molecule has 0 aliphatic heterocycles. The molecule has 6 heteroatoms. The highest BCUT2D eigenvalue weighted by atomic mass is 35.5. The number of halogens is 2. The highest BCUT2D eigenvalue weighted by molar-refractivity contribution is 6.42. The summed E-state index contributed by atoms with van der Waals surface area (Å²) in [6.45, 7) is 0. The molecule has 1 N–H and O–H groups in total. The Bertz CT molecular complexity index is 379. The molecule has 0 radical (unpaired) electrons. The minimum Gasteiger partial charge on any atom is -0.309 e. The van der Waals surface area contributed by atoms with E-state index in [9.17, 15) is 4.79 Å². The van der Waals surface area contributed by atoms with Gasteiger partial charge in [0.15, 0.2) is 11.0 Å². The molecule has 0 bridgehead atoms. The van der Waals surface area contributed by atoms with E-state index in [0.29, 0.717) is 0 Å². The molecule has 1 aliphatic carbocycles. The zero-order chi connectivity index (χ0) is 10.1. The zero-order valence-corrected chi connectivity index (χ0v) is 8.64. The number of hydrogen-bond donors (Lipinski definition) is 1. The largest absolute Gasteiger partial charge is 0.309 e. The first kappa shape index (κ1) is 9.68. The van der Waals surface area contributed by atoms with Crippen LogP contribution in [0, 0.1) is 5.92 Å². The second kappa shape index (κ2) is 3.71. The van der Waals surface area contributed by atoms with Gasteiger partial charge in [-0.05, 0) is 12.8 Å². The van der Waals surface area contributed by atoms with Crippen molar-refractivity contribution in [3.63, 3.8) is 0 Å². The van der Waals surface area contributed by atoms with Crippen LogP contribution in [-0.2, 0) is 4.79 Å². The molecule has 74 valence electrons. The number of amides is 1. The van der Waals surface area contributed by atoms with Crippen molar-refractivity contribution >= 4 is 34.9 Å². The van der Waals surface area contributed by atoms with E-state index < -0.39 is 0 Å². The third-order valence-electron chi connectivity index (χ3n) is 1.94. The first-order chi connectivity index (χ1) is 6.68. The zero-order valence-electron chi connectivity index (χ0n) is 7.13. The van der Waals surface area contributed by atoms with Gasteiger partial charge in [0.25, 0.3) is 0 Å². The topological polar surface area (TPSA) is 54.9 Å². The van der Waals surface area contributed by atoms with Crippen molar-refractivity contribution in [3.8, 4) is 0 Å². The number of aromatic nitrogens is 2. The van der Waals surface area contributed by atoms with E-state index >= 15 is 0 Å². The molecular formula is C8H7Cl2N3O. The Kier molecular flexibility index (Phi) is 2.56. The Morgan fingerprint density at radius 3 is 2.79 bits per heavy atom. The van der Waals surface area contributed by atoms with Crippen molar-refractivity contribution in [1.82, 2.24) is 9.97 Å². The number of hydrogen-bond acceptors (Lipinski definition) is 3. The van der Waals surface area contributed by atoms with Crippen molar-refractivity contribution in [2.24, 2.45) is 5.92 Å². The van der Waals surface area contributed by atoms with Gasteiger partial charge in [-0.3, -0.25) is 4.79 Å². The normalized spacial score (nSPS) is 15.3. The maximum Gasteiger partial charge on any atom is 0.228 e.